The second-order valence-corrected chi connectivity index (χ2v) is 5.83. The molecule has 0 atom stereocenters. The number of rotatable bonds is 4. The molecule has 2 N–H and O–H groups in total. The fraction of sp³-hybridized carbons (Fsp3) is 0.133. The van der Waals surface area contributed by atoms with Crippen LogP contribution < -0.4 is 0 Å². The predicted octanol–water partition coefficient (Wildman–Crippen LogP) is 2.83. The molecule has 22 heavy (non-hydrogen) atoms. The van der Waals surface area contributed by atoms with Crippen molar-refractivity contribution in [2.75, 3.05) is 7.05 Å². The average molecular weight is 360 g/mol. The standard InChI is InChI=1S/C15H14BrN5O/c1-21(9-12-6-7-17-18-12)15(22)14-8-13(19-20-14)10-2-4-11(16)5-3-10/h2-8H,9H2,1H3,(H,17,18)(H,19,20). The lowest BCUT2D eigenvalue weighted by Crippen LogP contribution is -2.26. The number of carbonyl (C=O) groups is 1. The molecule has 0 fully saturated rings. The summed E-state index contributed by atoms with van der Waals surface area (Å²) >= 11 is 3.40. The van der Waals surface area contributed by atoms with E-state index in [1.165, 1.54) is 0 Å². The first-order valence-corrected chi connectivity index (χ1v) is 7.48. The van der Waals surface area contributed by atoms with Crippen molar-refractivity contribution in [2.24, 2.45) is 0 Å². The Hall–Kier alpha value is -2.41. The van der Waals surface area contributed by atoms with E-state index in [-0.39, 0.29) is 5.91 Å². The lowest BCUT2D eigenvalue weighted by atomic mass is 10.1. The molecule has 112 valence electrons. The third kappa shape index (κ3) is 3.09. The molecule has 0 unspecified atom stereocenters. The second-order valence-electron chi connectivity index (χ2n) is 4.92. The number of benzene rings is 1. The molecule has 2 aromatic heterocycles. The van der Waals surface area contributed by atoms with Gasteiger partial charge in [0.15, 0.2) is 0 Å². The van der Waals surface area contributed by atoms with Gasteiger partial charge in [-0.2, -0.15) is 10.2 Å². The molecule has 6 nitrogen and oxygen atoms in total. The van der Waals surface area contributed by atoms with E-state index in [2.05, 4.69) is 36.3 Å². The van der Waals surface area contributed by atoms with Crippen molar-refractivity contribution < 1.29 is 4.79 Å². The molecule has 1 aromatic carbocycles. The summed E-state index contributed by atoms with van der Waals surface area (Å²) in [5.74, 6) is -0.120. The summed E-state index contributed by atoms with van der Waals surface area (Å²) in [6.07, 6.45) is 1.66. The van der Waals surface area contributed by atoms with Gasteiger partial charge in [0.1, 0.15) is 5.69 Å². The molecule has 1 amide bonds. The van der Waals surface area contributed by atoms with Crippen LogP contribution in [-0.2, 0) is 6.54 Å². The Morgan fingerprint density at radius 3 is 2.68 bits per heavy atom. The molecular weight excluding hydrogens is 346 g/mol. The molecule has 0 spiro atoms. The number of H-pyrrole nitrogens is 2. The zero-order valence-electron chi connectivity index (χ0n) is 11.9. The minimum atomic E-state index is -0.120. The van der Waals surface area contributed by atoms with Gasteiger partial charge < -0.3 is 4.90 Å². The summed E-state index contributed by atoms with van der Waals surface area (Å²) in [4.78, 5) is 14.0. The number of aromatic amines is 2. The van der Waals surface area contributed by atoms with Gasteiger partial charge in [0, 0.05) is 23.3 Å². The highest BCUT2D eigenvalue weighted by Gasteiger charge is 2.16. The van der Waals surface area contributed by atoms with Crippen LogP contribution in [-0.4, -0.2) is 38.2 Å². The highest BCUT2D eigenvalue weighted by atomic mass is 79.9. The molecule has 0 bridgehead atoms. The number of hydrogen-bond acceptors (Lipinski definition) is 3. The van der Waals surface area contributed by atoms with Crippen molar-refractivity contribution in [3.05, 3.63) is 58.5 Å². The van der Waals surface area contributed by atoms with E-state index in [9.17, 15) is 4.79 Å². The molecule has 0 saturated carbocycles. The van der Waals surface area contributed by atoms with E-state index in [1.807, 2.05) is 30.3 Å². The molecule has 0 aliphatic rings. The van der Waals surface area contributed by atoms with Crippen LogP contribution >= 0.6 is 15.9 Å². The van der Waals surface area contributed by atoms with Gasteiger partial charge in [-0.1, -0.05) is 28.1 Å². The van der Waals surface area contributed by atoms with E-state index in [1.54, 1.807) is 24.2 Å². The molecule has 3 rings (SSSR count). The molecule has 2 heterocycles. The molecule has 0 radical (unpaired) electrons. The third-order valence-corrected chi connectivity index (χ3v) is 3.79. The molecular formula is C15H14BrN5O. The lowest BCUT2D eigenvalue weighted by molar-refractivity contribution is 0.0777. The minimum Gasteiger partial charge on any atom is -0.335 e. The Morgan fingerprint density at radius 2 is 2.00 bits per heavy atom. The number of halogens is 1. The van der Waals surface area contributed by atoms with Gasteiger partial charge in [0.05, 0.1) is 17.9 Å². The Labute approximate surface area is 135 Å². The third-order valence-electron chi connectivity index (χ3n) is 3.26. The van der Waals surface area contributed by atoms with E-state index in [0.29, 0.717) is 12.2 Å². The van der Waals surface area contributed by atoms with E-state index < -0.39 is 0 Å². The van der Waals surface area contributed by atoms with Gasteiger partial charge in [0.2, 0.25) is 0 Å². The van der Waals surface area contributed by atoms with Gasteiger partial charge >= 0.3 is 0 Å². The fourth-order valence-electron chi connectivity index (χ4n) is 2.11. The summed E-state index contributed by atoms with van der Waals surface area (Å²) in [5, 5.41) is 13.7. The number of nitrogens with one attached hydrogen (secondary N) is 2. The summed E-state index contributed by atoms with van der Waals surface area (Å²) in [7, 11) is 1.74. The quantitative estimate of drug-likeness (QED) is 0.751. The Bertz CT molecular complexity index is 764. The van der Waals surface area contributed by atoms with Crippen molar-refractivity contribution in [1.29, 1.82) is 0 Å². The fourth-order valence-corrected chi connectivity index (χ4v) is 2.37. The van der Waals surface area contributed by atoms with Crippen molar-refractivity contribution >= 4 is 21.8 Å². The maximum Gasteiger partial charge on any atom is 0.271 e. The van der Waals surface area contributed by atoms with Gasteiger partial charge in [-0.3, -0.25) is 15.0 Å². The number of carbonyl (C=O) groups excluding carboxylic acids is 1. The number of hydrogen-bond donors (Lipinski definition) is 2. The second kappa shape index (κ2) is 6.15. The summed E-state index contributed by atoms with van der Waals surface area (Å²) in [6, 6.07) is 11.4. The van der Waals surface area contributed by atoms with Crippen LogP contribution in [0.5, 0.6) is 0 Å². The van der Waals surface area contributed by atoms with Crippen LogP contribution in [0.1, 0.15) is 16.2 Å². The van der Waals surface area contributed by atoms with E-state index >= 15 is 0 Å². The first-order chi connectivity index (χ1) is 10.6. The largest absolute Gasteiger partial charge is 0.335 e. The highest BCUT2D eigenvalue weighted by molar-refractivity contribution is 9.10. The molecule has 7 heteroatoms. The van der Waals surface area contributed by atoms with Gasteiger partial charge in [-0.25, -0.2) is 0 Å². The van der Waals surface area contributed by atoms with Crippen LogP contribution in [0.4, 0.5) is 0 Å². The zero-order valence-corrected chi connectivity index (χ0v) is 13.5. The Morgan fingerprint density at radius 1 is 1.23 bits per heavy atom. The first kappa shape index (κ1) is 14.5. The Balaban J connectivity index is 1.75. The SMILES string of the molecule is CN(Cc1ccn[nH]1)C(=O)c1cc(-c2ccc(Br)cc2)n[nH]1. The number of amides is 1. The van der Waals surface area contributed by atoms with Gasteiger partial charge in [0.25, 0.3) is 5.91 Å². The van der Waals surface area contributed by atoms with Crippen molar-refractivity contribution in [2.45, 2.75) is 6.54 Å². The van der Waals surface area contributed by atoms with Gasteiger partial charge in [-0.15, -0.1) is 0 Å². The van der Waals surface area contributed by atoms with Crippen LogP contribution in [0.15, 0.2) is 47.1 Å². The molecule has 0 aliphatic heterocycles. The molecule has 0 aliphatic carbocycles. The van der Waals surface area contributed by atoms with Crippen LogP contribution in [0.25, 0.3) is 11.3 Å². The van der Waals surface area contributed by atoms with Crippen molar-refractivity contribution in [3.8, 4) is 11.3 Å². The molecule has 0 saturated heterocycles. The topological polar surface area (TPSA) is 77.7 Å². The predicted molar refractivity (Wildman–Crippen MR) is 86.1 cm³/mol. The van der Waals surface area contributed by atoms with E-state index in [4.69, 9.17) is 0 Å². The number of aromatic nitrogens is 4. The molecule has 3 aromatic rings. The lowest BCUT2D eigenvalue weighted by Gasteiger charge is -2.14. The average Bonchev–Trinajstić information content (AvgIpc) is 3.18. The van der Waals surface area contributed by atoms with Crippen molar-refractivity contribution in [1.82, 2.24) is 25.3 Å². The summed E-state index contributed by atoms with van der Waals surface area (Å²) < 4.78 is 1.00. The van der Waals surface area contributed by atoms with Gasteiger partial charge in [-0.05, 0) is 24.3 Å². The van der Waals surface area contributed by atoms with Crippen LogP contribution in [0, 0.1) is 0 Å². The summed E-state index contributed by atoms with van der Waals surface area (Å²) in [6.45, 7) is 0.464. The highest BCUT2D eigenvalue weighted by Crippen LogP contribution is 2.21. The Kier molecular flexibility index (Phi) is 4.06. The smallest absolute Gasteiger partial charge is 0.271 e. The maximum atomic E-state index is 12.4. The van der Waals surface area contributed by atoms with Crippen molar-refractivity contribution in [3.63, 3.8) is 0 Å². The maximum absolute atomic E-state index is 12.4. The minimum absolute atomic E-state index is 0.120. The zero-order chi connectivity index (χ0) is 15.5. The normalized spacial score (nSPS) is 10.6. The van der Waals surface area contributed by atoms with Crippen LogP contribution in [0.2, 0.25) is 0 Å². The van der Waals surface area contributed by atoms with Crippen LogP contribution in [0.3, 0.4) is 0 Å². The summed E-state index contributed by atoms with van der Waals surface area (Å²) in [5.41, 5.74) is 3.03. The first-order valence-electron chi connectivity index (χ1n) is 6.68. The number of nitrogens with zero attached hydrogens (tertiary/aromatic N) is 3. The monoisotopic (exact) mass is 359 g/mol. The van der Waals surface area contributed by atoms with E-state index in [0.717, 1.165) is 21.4 Å².